The highest BCUT2D eigenvalue weighted by Crippen LogP contribution is 2.38. The van der Waals surface area contributed by atoms with E-state index in [1.807, 2.05) is 34.9 Å². The number of imidazole rings is 1. The number of carbonyl (C=O) groups excluding carboxylic acids is 2. The zero-order valence-electron chi connectivity index (χ0n) is 17.1. The summed E-state index contributed by atoms with van der Waals surface area (Å²) in [6, 6.07) is 13.6. The minimum atomic E-state index is -0.612. The van der Waals surface area contributed by atoms with E-state index in [1.165, 1.54) is 5.56 Å². The van der Waals surface area contributed by atoms with Gasteiger partial charge in [0.1, 0.15) is 11.7 Å². The fourth-order valence-electron chi connectivity index (χ4n) is 3.94. The number of nitrogens with one attached hydrogen (secondary N) is 1. The molecule has 2 heterocycles. The molecule has 1 N–H and O–H groups in total. The van der Waals surface area contributed by atoms with Crippen molar-refractivity contribution in [2.75, 3.05) is 17.7 Å². The topological polar surface area (TPSA) is 67.2 Å². The van der Waals surface area contributed by atoms with Crippen molar-refractivity contribution >= 4 is 35.3 Å². The summed E-state index contributed by atoms with van der Waals surface area (Å²) in [5, 5.41) is 2.88. The van der Waals surface area contributed by atoms with E-state index < -0.39 is 6.04 Å². The molecule has 0 saturated heterocycles. The maximum absolute atomic E-state index is 13.1. The summed E-state index contributed by atoms with van der Waals surface area (Å²) < 4.78 is 1.87. The standard InChI is InChI=1S/C24H22N4O2S.CH4/c1-27-21-10-17-8-5-9-18(17)11-22(21)31-14-20(24(27)30)26-23(29)19-13-28(15-25-19)12-16-6-3-2-4-7-16;/h2-8,10-11,13,15,20H,9,12,14H2,1H3,(H,26,29);1H4/t20-;/m0./s1. The van der Waals surface area contributed by atoms with Gasteiger partial charge in [-0.15, -0.1) is 11.8 Å². The number of hydrogen-bond acceptors (Lipinski definition) is 4. The number of anilines is 1. The Morgan fingerprint density at radius 3 is 2.88 bits per heavy atom. The summed E-state index contributed by atoms with van der Waals surface area (Å²) in [5.41, 5.74) is 4.76. The molecule has 5 rings (SSSR count). The molecule has 0 bridgehead atoms. The number of amides is 2. The van der Waals surface area contributed by atoms with Crippen LogP contribution in [0.4, 0.5) is 5.69 Å². The lowest BCUT2D eigenvalue weighted by Crippen LogP contribution is -2.48. The van der Waals surface area contributed by atoms with E-state index in [4.69, 9.17) is 0 Å². The quantitative estimate of drug-likeness (QED) is 0.658. The molecule has 2 amide bonds. The van der Waals surface area contributed by atoms with Crippen LogP contribution in [0, 0.1) is 0 Å². The molecule has 0 saturated carbocycles. The van der Waals surface area contributed by atoms with Crippen molar-refractivity contribution in [3.05, 3.63) is 83.4 Å². The second kappa shape index (κ2) is 9.04. The molecule has 3 aromatic rings. The van der Waals surface area contributed by atoms with Crippen LogP contribution >= 0.6 is 11.8 Å². The summed E-state index contributed by atoms with van der Waals surface area (Å²) in [6.45, 7) is 0.635. The van der Waals surface area contributed by atoms with E-state index in [1.54, 1.807) is 36.2 Å². The Bertz CT molecular complexity index is 1190. The minimum Gasteiger partial charge on any atom is -0.338 e. The summed E-state index contributed by atoms with van der Waals surface area (Å²) in [7, 11) is 1.77. The number of carbonyl (C=O) groups is 2. The highest BCUT2D eigenvalue weighted by atomic mass is 32.2. The lowest BCUT2D eigenvalue weighted by atomic mass is 10.1. The maximum Gasteiger partial charge on any atom is 0.272 e. The minimum absolute atomic E-state index is 0. The van der Waals surface area contributed by atoms with E-state index in [0.717, 1.165) is 28.1 Å². The Labute approximate surface area is 192 Å². The summed E-state index contributed by atoms with van der Waals surface area (Å²) in [4.78, 5) is 32.8. The van der Waals surface area contributed by atoms with Gasteiger partial charge in [0.15, 0.2) is 0 Å². The predicted octanol–water partition coefficient (Wildman–Crippen LogP) is 4.00. The van der Waals surface area contributed by atoms with Gasteiger partial charge < -0.3 is 14.8 Å². The molecule has 2 aromatic carbocycles. The number of likely N-dealkylation sites (N-methyl/N-ethyl adjacent to an activating group) is 1. The van der Waals surface area contributed by atoms with Gasteiger partial charge in [0.25, 0.3) is 5.91 Å². The molecule has 164 valence electrons. The van der Waals surface area contributed by atoms with Crippen LogP contribution < -0.4 is 10.2 Å². The number of thioether (sulfide) groups is 1. The predicted molar refractivity (Wildman–Crippen MR) is 129 cm³/mol. The van der Waals surface area contributed by atoms with Crippen molar-refractivity contribution in [2.24, 2.45) is 0 Å². The Kier molecular flexibility index (Phi) is 6.19. The van der Waals surface area contributed by atoms with Crippen LogP contribution in [0.25, 0.3) is 6.08 Å². The molecule has 0 unspecified atom stereocenters. The van der Waals surface area contributed by atoms with Crippen LogP contribution in [-0.4, -0.2) is 40.2 Å². The van der Waals surface area contributed by atoms with Crippen LogP contribution in [-0.2, 0) is 17.8 Å². The molecule has 7 heteroatoms. The van der Waals surface area contributed by atoms with E-state index in [0.29, 0.717) is 18.0 Å². The number of nitrogens with zero attached hydrogens (tertiary/aromatic N) is 3. The van der Waals surface area contributed by atoms with Gasteiger partial charge >= 0.3 is 0 Å². The largest absolute Gasteiger partial charge is 0.338 e. The van der Waals surface area contributed by atoms with Crippen molar-refractivity contribution in [3.63, 3.8) is 0 Å². The van der Waals surface area contributed by atoms with Crippen LogP contribution in [0.15, 0.2) is 66.0 Å². The van der Waals surface area contributed by atoms with Gasteiger partial charge in [-0.2, -0.15) is 0 Å². The second-order valence-corrected chi connectivity index (χ2v) is 8.84. The van der Waals surface area contributed by atoms with Crippen LogP contribution in [0.2, 0.25) is 0 Å². The second-order valence-electron chi connectivity index (χ2n) is 7.78. The number of hydrogen-bond donors (Lipinski definition) is 1. The zero-order valence-corrected chi connectivity index (χ0v) is 17.9. The van der Waals surface area contributed by atoms with Crippen molar-refractivity contribution in [2.45, 2.75) is 31.3 Å². The number of rotatable bonds is 4. The van der Waals surface area contributed by atoms with E-state index >= 15 is 0 Å². The van der Waals surface area contributed by atoms with Gasteiger partial charge in [0.05, 0.1) is 12.0 Å². The SMILES string of the molecule is C.CN1C(=O)[C@@H](NC(=O)c2cn(Cc3ccccc3)cn2)CSc2cc3c(cc21)C=CC3. The van der Waals surface area contributed by atoms with E-state index in [2.05, 4.69) is 34.6 Å². The van der Waals surface area contributed by atoms with Crippen molar-refractivity contribution in [3.8, 4) is 0 Å². The fourth-order valence-corrected chi connectivity index (χ4v) is 5.08. The molecular weight excluding hydrogens is 420 g/mol. The average Bonchev–Trinajstić information content (AvgIpc) is 3.42. The van der Waals surface area contributed by atoms with Gasteiger partial charge in [-0.05, 0) is 35.2 Å². The smallest absolute Gasteiger partial charge is 0.272 e. The summed E-state index contributed by atoms with van der Waals surface area (Å²) >= 11 is 1.60. The maximum atomic E-state index is 13.1. The zero-order chi connectivity index (χ0) is 21.4. The third-order valence-corrected chi connectivity index (χ3v) is 6.77. The first-order valence-electron chi connectivity index (χ1n) is 10.2. The average molecular weight is 447 g/mol. The lowest BCUT2D eigenvalue weighted by molar-refractivity contribution is -0.119. The van der Waals surface area contributed by atoms with Crippen LogP contribution in [0.1, 0.15) is 34.6 Å². The van der Waals surface area contributed by atoms with Crippen molar-refractivity contribution in [1.82, 2.24) is 14.9 Å². The Morgan fingerprint density at radius 1 is 1.25 bits per heavy atom. The highest BCUT2D eigenvalue weighted by molar-refractivity contribution is 7.99. The number of allylic oxidation sites excluding steroid dienone is 1. The lowest BCUT2D eigenvalue weighted by Gasteiger charge is -2.22. The normalized spacial score (nSPS) is 16.7. The van der Waals surface area contributed by atoms with Gasteiger partial charge in [-0.3, -0.25) is 9.59 Å². The molecule has 1 atom stereocenters. The Hall–Kier alpha value is -3.32. The monoisotopic (exact) mass is 446 g/mol. The summed E-state index contributed by atoms with van der Waals surface area (Å²) in [5.74, 6) is 0.0274. The molecule has 1 aliphatic heterocycles. The van der Waals surface area contributed by atoms with Gasteiger partial charge in [-0.1, -0.05) is 49.9 Å². The van der Waals surface area contributed by atoms with E-state index in [-0.39, 0.29) is 19.2 Å². The van der Waals surface area contributed by atoms with Crippen molar-refractivity contribution < 1.29 is 9.59 Å². The van der Waals surface area contributed by atoms with Gasteiger partial charge in [0.2, 0.25) is 5.91 Å². The molecule has 6 nitrogen and oxygen atoms in total. The third kappa shape index (κ3) is 4.21. The first-order chi connectivity index (χ1) is 15.1. The molecule has 0 radical (unpaired) electrons. The van der Waals surface area contributed by atoms with Crippen LogP contribution in [0.3, 0.4) is 0 Å². The summed E-state index contributed by atoms with van der Waals surface area (Å²) in [6.07, 6.45) is 8.51. The molecule has 0 spiro atoms. The molecule has 0 fully saturated rings. The first kappa shape index (κ1) is 21.9. The highest BCUT2D eigenvalue weighted by Gasteiger charge is 2.31. The third-order valence-electron chi connectivity index (χ3n) is 5.63. The number of fused-ring (bicyclic) bond motifs is 2. The van der Waals surface area contributed by atoms with Gasteiger partial charge in [-0.25, -0.2) is 4.98 Å². The molecule has 2 aliphatic rings. The first-order valence-corrected chi connectivity index (χ1v) is 11.2. The molecule has 32 heavy (non-hydrogen) atoms. The molecular formula is C25H26N4O2S. The number of benzene rings is 2. The van der Waals surface area contributed by atoms with Crippen molar-refractivity contribution in [1.29, 1.82) is 0 Å². The molecule has 1 aromatic heterocycles. The molecule has 1 aliphatic carbocycles. The number of aromatic nitrogens is 2. The van der Waals surface area contributed by atoms with Crippen LogP contribution in [0.5, 0.6) is 0 Å². The Morgan fingerprint density at radius 2 is 2.06 bits per heavy atom. The van der Waals surface area contributed by atoms with Gasteiger partial charge in [0, 0.05) is 30.4 Å². The Balaban J connectivity index is 0.00000245. The fraction of sp³-hybridized carbons (Fsp3) is 0.240. The van der Waals surface area contributed by atoms with E-state index in [9.17, 15) is 9.59 Å².